The van der Waals surface area contributed by atoms with Crippen LogP contribution in [0.4, 0.5) is 10.1 Å². The van der Waals surface area contributed by atoms with E-state index in [1.807, 2.05) is 0 Å². The standard InChI is InChI=1S/C22H17FN2O5/c1-3-30-22(27)18-16(12-8-10-13(23)11-9-12)20(25(28)29)19-17(21(18)26)14-6-4-5-7-15(14)24(19)2/h4-11,26H,3H2,1-2H3. The average molecular weight is 408 g/mol. The summed E-state index contributed by atoms with van der Waals surface area (Å²) in [5, 5.41) is 24.1. The van der Waals surface area contributed by atoms with Crippen molar-refractivity contribution in [1.82, 2.24) is 4.57 Å². The topological polar surface area (TPSA) is 94.6 Å². The number of phenolic OH excluding ortho intramolecular Hbond substituents is 1. The summed E-state index contributed by atoms with van der Waals surface area (Å²) in [5.41, 5.74) is 0.223. The first kappa shape index (κ1) is 19.4. The summed E-state index contributed by atoms with van der Waals surface area (Å²) in [7, 11) is 1.65. The normalized spacial score (nSPS) is 11.2. The number of aromatic hydroxyl groups is 1. The molecule has 4 rings (SSSR count). The number of carbonyl (C=O) groups excluding carboxylic acids is 1. The van der Waals surface area contributed by atoms with E-state index in [1.54, 1.807) is 42.8 Å². The molecule has 1 aromatic heterocycles. The third kappa shape index (κ3) is 2.76. The summed E-state index contributed by atoms with van der Waals surface area (Å²) >= 11 is 0. The number of para-hydroxylation sites is 1. The molecule has 0 amide bonds. The highest BCUT2D eigenvalue weighted by Gasteiger charge is 2.34. The fourth-order valence-electron chi connectivity index (χ4n) is 3.87. The summed E-state index contributed by atoms with van der Waals surface area (Å²) in [6.07, 6.45) is 0. The fraction of sp³-hybridized carbons (Fsp3) is 0.136. The maximum absolute atomic E-state index is 13.5. The number of aryl methyl sites for hydroxylation is 1. The van der Waals surface area contributed by atoms with Crippen LogP contribution in [0.2, 0.25) is 0 Å². The number of phenols is 1. The molecule has 0 saturated heterocycles. The number of carbonyl (C=O) groups is 1. The van der Waals surface area contributed by atoms with Crippen molar-refractivity contribution in [2.45, 2.75) is 6.92 Å². The highest BCUT2D eigenvalue weighted by molar-refractivity contribution is 6.21. The molecule has 1 heterocycles. The number of nitro groups is 1. The number of aromatic nitrogens is 1. The molecule has 30 heavy (non-hydrogen) atoms. The Hall–Kier alpha value is -3.94. The molecule has 8 heteroatoms. The zero-order valence-corrected chi connectivity index (χ0v) is 16.2. The lowest BCUT2D eigenvalue weighted by molar-refractivity contribution is -0.382. The summed E-state index contributed by atoms with van der Waals surface area (Å²) < 4.78 is 20.2. The largest absolute Gasteiger partial charge is 0.506 e. The van der Waals surface area contributed by atoms with Gasteiger partial charge in [-0.2, -0.15) is 0 Å². The zero-order chi connectivity index (χ0) is 21.6. The van der Waals surface area contributed by atoms with Crippen LogP contribution in [0.5, 0.6) is 5.75 Å². The number of halogens is 1. The predicted molar refractivity (Wildman–Crippen MR) is 110 cm³/mol. The third-order valence-corrected chi connectivity index (χ3v) is 5.09. The molecule has 0 radical (unpaired) electrons. The van der Waals surface area contributed by atoms with Crippen LogP contribution in [0, 0.1) is 15.9 Å². The van der Waals surface area contributed by atoms with Gasteiger partial charge in [0.15, 0.2) is 0 Å². The van der Waals surface area contributed by atoms with Crippen molar-refractivity contribution in [2.24, 2.45) is 7.05 Å². The second-order valence-corrected chi connectivity index (χ2v) is 6.73. The number of ether oxygens (including phenoxy) is 1. The van der Waals surface area contributed by atoms with E-state index in [2.05, 4.69) is 0 Å². The van der Waals surface area contributed by atoms with Gasteiger partial charge in [-0.25, -0.2) is 9.18 Å². The molecule has 152 valence electrons. The van der Waals surface area contributed by atoms with Gasteiger partial charge in [-0.1, -0.05) is 30.3 Å². The van der Waals surface area contributed by atoms with E-state index < -0.39 is 22.5 Å². The Kier molecular flexibility index (Phi) is 4.62. The predicted octanol–water partition coefficient (Wildman–Crippen LogP) is 4.93. The Morgan fingerprint density at radius 3 is 2.50 bits per heavy atom. The van der Waals surface area contributed by atoms with Crippen LogP contribution in [0.1, 0.15) is 17.3 Å². The lowest BCUT2D eigenvalue weighted by Crippen LogP contribution is -2.10. The maximum Gasteiger partial charge on any atom is 0.342 e. The van der Waals surface area contributed by atoms with Gasteiger partial charge < -0.3 is 14.4 Å². The Morgan fingerprint density at radius 2 is 1.87 bits per heavy atom. The summed E-state index contributed by atoms with van der Waals surface area (Å²) in [5.74, 6) is -1.84. The molecule has 0 saturated carbocycles. The summed E-state index contributed by atoms with van der Waals surface area (Å²) in [4.78, 5) is 24.4. The minimum Gasteiger partial charge on any atom is -0.506 e. The van der Waals surface area contributed by atoms with Crippen LogP contribution in [0.25, 0.3) is 32.9 Å². The van der Waals surface area contributed by atoms with Gasteiger partial charge in [0.25, 0.3) is 0 Å². The highest BCUT2D eigenvalue weighted by atomic mass is 19.1. The Balaban J connectivity index is 2.29. The molecule has 7 nitrogen and oxygen atoms in total. The molecule has 0 atom stereocenters. The minimum absolute atomic E-state index is 0.0164. The van der Waals surface area contributed by atoms with Crippen LogP contribution in [0.3, 0.4) is 0 Å². The Bertz CT molecular complexity index is 1330. The van der Waals surface area contributed by atoms with Crippen LogP contribution in [-0.4, -0.2) is 27.2 Å². The van der Waals surface area contributed by atoms with E-state index in [-0.39, 0.29) is 39.9 Å². The van der Waals surface area contributed by atoms with Gasteiger partial charge in [0.1, 0.15) is 22.6 Å². The third-order valence-electron chi connectivity index (χ3n) is 5.09. The molecule has 0 unspecified atom stereocenters. The second-order valence-electron chi connectivity index (χ2n) is 6.73. The Morgan fingerprint density at radius 1 is 1.20 bits per heavy atom. The van der Waals surface area contributed by atoms with E-state index in [1.165, 1.54) is 12.1 Å². The number of hydrogen-bond donors (Lipinski definition) is 1. The maximum atomic E-state index is 13.5. The van der Waals surface area contributed by atoms with E-state index in [0.717, 1.165) is 12.1 Å². The molecule has 0 spiro atoms. The first-order valence-electron chi connectivity index (χ1n) is 9.20. The second kappa shape index (κ2) is 7.14. The van der Waals surface area contributed by atoms with Crippen LogP contribution in [0.15, 0.2) is 48.5 Å². The van der Waals surface area contributed by atoms with E-state index in [0.29, 0.717) is 10.9 Å². The molecule has 0 bridgehead atoms. The van der Waals surface area contributed by atoms with Crippen LogP contribution < -0.4 is 0 Å². The SMILES string of the molecule is CCOC(=O)c1c(-c2ccc(F)cc2)c([N+](=O)[O-])c2c(c1O)c1ccccc1n2C. The number of nitrogens with zero attached hydrogens (tertiary/aromatic N) is 2. The average Bonchev–Trinajstić information content (AvgIpc) is 3.01. The molecule has 0 aliphatic rings. The van der Waals surface area contributed by atoms with Gasteiger partial charge in [-0.05, 0) is 30.7 Å². The van der Waals surface area contributed by atoms with Gasteiger partial charge in [-0.15, -0.1) is 0 Å². The monoisotopic (exact) mass is 408 g/mol. The van der Waals surface area contributed by atoms with Crippen molar-refractivity contribution < 1.29 is 24.0 Å². The lowest BCUT2D eigenvalue weighted by atomic mass is 9.93. The minimum atomic E-state index is -0.896. The smallest absolute Gasteiger partial charge is 0.342 e. The van der Waals surface area contributed by atoms with Gasteiger partial charge in [0.05, 0.1) is 22.5 Å². The Labute approximate surface area is 170 Å². The van der Waals surface area contributed by atoms with Crippen molar-refractivity contribution in [2.75, 3.05) is 6.61 Å². The number of hydrogen-bond acceptors (Lipinski definition) is 5. The molecule has 3 aromatic carbocycles. The molecule has 0 aliphatic carbocycles. The molecule has 1 N–H and O–H groups in total. The number of esters is 1. The number of benzene rings is 3. The number of nitro benzene ring substituents is 1. The van der Waals surface area contributed by atoms with Crippen molar-refractivity contribution in [3.8, 4) is 16.9 Å². The molecule has 0 aliphatic heterocycles. The fourth-order valence-corrected chi connectivity index (χ4v) is 3.87. The number of rotatable bonds is 4. The first-order chi connectivity index (χ1) is 14.4. The van der Waals surface area contributed by atoms with Gasteiger partial charge >= 0.3 is 11.7 Å². The molecule has 4 aromatic rings. The lowest BCUT2D eigenvalue weighted by Gasteiger charge is -2.14. The quantitative estimate of drug-likeness (QED) is 0.294. The van der Waals surface area contributed by atoms with Gasteiger partial charge in [0.2, 0.25) is 0 Å². The zero-order valence-electron chi connectivity index (χ0n) is 16.2. The number of fused-ring (bicyclic) bond motifs is 3. The molecule has 0 fully saturated rings. The summed E-state index contributed by atoms with van der Waals surface area (Å²) in [6, 6.07) is 11.9. The van der Waals surface area contributed by atoms with Crippen molar-refractivity contribution in [3.63, 3.8) is 0 Å². The summed E-state index contributed by atoms with van der Waals surface area (Å²) in [6.45, 7) is 1.61. The van der Waals surface area contributed by atoms with Crippen LogP contribution in [-0.2, 0) is 11.8 Å². The van der Waals surface area contributed by atoms with Gasteiger partial charge in [0, 0.05) is 18.0 Å². The van der Waals surface area contributed by atoms with Crippen molar-refractivity contribution >= 4 is 33.5 Å². The highest BCUT2D eigenvalue weighted by Crippen LogP contribution is 2.48. The van der Waals surface area contributed by atoms with Crippen LogP contribution >= 0.6 is 0 Å². The first-order valence-corrected chi connectivity index (χ1v) is 9.20. The van der Waals surface area contributed by atoms with Gasteiger partial charge in [-0.3, -0.25) is 10.1 Å². The van der Waals surface area contributed by atoms with Crippen molar-refractivity contribution in [1.29, 1.82) is 0 Å². The van der Waals surface area contributed by atoms with E-state index >= 15 is 0 Å². The van der Waals surface area contributed by atoms with E-state index in [9.17, 15) is 24.4 Å². The molecular formula is C22H17FN2O5. The van der Waals surface area contributed by atoms with Crippen molar-refractivity contribution in [3.05, 3.63) is 70.0 Å². The van der Waals surface area contributed by atoms with E-state index in [4.69, 9.17) is 4.74 Å². The molecular weight excluding hydrogens is 391 g/mol.